The average Bonchev–Trinajstić information content (AvgIpc) is 3.27. The summed E-state index contributed by atoms with van der Waals surface area (Å²) >= 11 is 6.22. The number of carbonyl (C=O) groups is 1. The maximum absolute atomic E-state index is 14.2. The molecule has 2 aromatic carbocycles. The van der Waals surface area contributed by atoms with Crippen molar-refractivity contribution in [3.63, 3.8) is 0 Å². The van der Waals surface area contributed by atoms with Gasteiger partial charge < -0.3 is 4.90 Å². The van der Waals surface area contributed by atoms with Gasteiger partial charge in [-0.2, -0.15) is 5.10 Å². The molecule has 0 radical (unpaired) electrons. The van der Waals surface area contributed by atoms with Crippen LogP contribution < -0.4 is 0 Å². The zero-order valence-electron chi connectivity index (χ0n) is 17.5. The summed E-state index contributed by atoms with van der Waals surface area (Å²) in [4.78, 5) is 17.0. The predicted molar refractivity (Wildman–Crippen MR) is 119 cm³/mol. The Morgan fingerprint density at radius 2 is 2.06 bits per heavy atom. The molecule has 1 aromatic heterocycles. The lowest BCUT2D eigenvalue weighted by atomic mass is 9.92. The molecule has 2 heterocycles. The van der Waals surface area contributed by atoms with Crippen LogP contribution >= 0.6 is 11.6 Å². The highest BCUT2D eigenvalue weighted by Crippen LogP contribution is 2.30. The van der Waals surface area contributed by atoms with Crippen LogP contribution in [0.15, 0.2) is 54.7 Å². The fourth-order valence-corrected chi connectivity index (χ4v) is 4.48. The van der Waals surface area contributed by atoms with Crippen LogP contribution in [0.25, 0.3) is 0 Å². The van der Waals surface area contributed by atoms with E-state index < -0.39 is 0 Å². The molecule has 0 saturated carbocycles. The molecule has 1 fully saturated rings. The fraction of sp³-hybridized carbons (Fsp3) is 0.333. The molecule has 1 saturated heterocycles. The first kappa shape index (κ1) is 21.5. The van der Waals surface area contributed by atoms with E-state index in [9.17, 15) is 9.18 Å². The van der Waals surface area contributed by atoms with E-state index in [1.807, 2.05) is 30.3 Å². The Balaban J connectivity index is 1.46. The van der Waals surface area contributed by atoms with Crippen molar-refractivity contribution in [3.8, 4) is 0 Å². The normalized spacial score (nSPS) is 16.9. The van der Waals surface area contributed by atoms with E-state index in [4.69, 9.17) is 11.6 Å². The summed E-state index contributed by atoms with van der Waals surface area (Å²) in [5, 5.41) is 7.68. The SMILES string of the molecule is CN(Cc1ccccc1)C(=O)c1cn[nH]c1C1CCCN(Cc2c(F)cccc2Cl)C1. The van der Waals surface area contributed by atoms with Crippen LogP contribution in [0.2, 0.25) is 5.02 Å². The number of amides is 1. The van der Waals surface area contributed by atoms with Gasteiger partial charge in [0.2, 0.25) is 0 Å². The first-order chi connectivity index (χ1) is 15.0. The Bertz CT molecular complexity index is 1020. The minimum Gasteiger partial charge on any atom is -0.337 e. The van der Waals surface area contributed by atoms with Crippen LogP contribution in [-0.4, -0.2) is 46.0 Å². The van der Waals surface area contributed by atoms with Crippen molar-refractivity contribution in [3.05, 3.63) is 88.0 Å². The Morgan fingerprint density at radius 1 is 1.26 bits per heavy atom. The summed E-state index contributed by atoms with van der Waals surface area (Å²) < 4.78 is 14.2. The molecule has 0 bridgehead atoms. The standard InChI is InChI=1S/C24H26ClFN4O/c1-29(14-17-7-3-2-4-8-17)24(31)19-13-27-28-23(19)18-9-6-12-30(15-18)16-20-21(25)10-5-11-22(20)26/h2-5,7-8,10-11,13,18H,6,9,12,14-16H2,1H3,(H,27,28). The van der Waals surface area contributed by atoms with Crippen molar-refractivity contribution < 1.29 is 9.18 Å². The molecule has 1 aliphatic heterocycles. The predicted octanol–water partition coefficient (Wildman–Crippen LogP) is 4.85. The highest BCUT2D eigenvalue weighted by Gasteiger charge is 2.28. The number of hydrogen-bond donors (Lipinski definition) is 1. The first-order valence-electron chi connectivity index (χ1n) is 10.5. The Labute approximate surface area is 186 Å². The second-order valence-electron chi connectivity index (χ2n) is 8.12. The summed E-state index contributed by atoms with van der Waals surface area (Å²) in [6.45, 7) is 2.57. The van der Waals surface area contributed by atoms with Gasteiger partial charge in [0.15, 0.2) is 0 Å². The number of aromatic amines is 1. The number of benzene rings is 2. The van der Waals surface area contributed by atoms with Gasteiger partial charge in [0, 0.05) is 43.2 Å². The molecule has 5 nitrogen and oxygen atoms in total. The number of H-pyrrole nitrogens is 1. The molecule has 0 aliphatic carbocycles. The van der Waals surface area contributed by atoms with Gasteiger partial charge in [-0.25, -0.2) is 4.39 Å². The van der Waals surface area contributed by atoms with Crippen LogP contribution in [0.5, 0.6) is 0 Å². The molecular weight excluding hydrogens is 415 g/mol. The van der Waals surface area contributed by atoms with Gasteiger partial charge in [-0.3, -0.25) is 14.8 Å². The van der Waals surface area contributed by atoms with Crippen molar-refractivity contribution in [2.24, 2.45) is 0 Å². The fourth-order valence-electron chi connectivity index (χ4n) is 4.25. The first-order valence-corrected chi connectivity index (χ1v) is 10.9. The average molecular weight is 441 g/mol. The van der Waals surface area contributed by atoms with Gasteiger partial charge >= 0.3 is 0 Å². The number of halogens is 2. The monoisotopic (exact) mass is 440 g/mol. The van der Waals surface area contributed by atoms with Gasteiger partial charge in [0.25, 0.3) is 5.91 Å². The van der Waals surface area contributed by atoms with Gasteiger partial charge in [-0.05, 0) is 37.1 Å². The third-order valence-electron chi connectivity index (χ3n) is 5.87. The Morgan fingerprint density at radius 3 is 2.84 bits per heavy atom. The van der Waals surface area contributed by atoms with E-state index in [-0.39, 0.29) is 17.6 Å². The molecule has 31 heavy (non-hydrogen) atoms. The summed E-state index contributed by atoms with van der Waals surface area (Å²) in [6, 6.07) is 14.7. The van der Waals surface area contributed by atoms with E-state index in [0.29, 0.717) is 29.2 Å². The van der Waals surface area contributed by atoms with Crippen LogP contribution in [0, 0.1) is 5.82 Å². The van der Waals surface area contributed by atoms with Crippen LogP contribution in [0.4, 0.5) is 4.39 Å². The molecule has 3 aromatic rings. The molecular formula is C24H26ClFN4O. The minimum absolute atomic E-state index is 0.0538. The molecule has 162 valence electrons. The molecule has 7 heteroatoms. The summed E-state index contributed by atoms with van der Waals surface area (Å²) in [7, 11) is 1.81. The van der Waals surface area contributed by atoms with Crippen molar-refractivity contribution in [1.82, 2.24) is 20.0 Å². The van der Waals surface area contributed by atoms with Crippen LogP contribution in [0.3, 0.4) is 0 Å². The van der Waals surface area contributed by atoms with Gasteiger partial charge in [-0.1, -0.05) is 48.0 Å². The number of aromatic nitrogens is 2. The lowest BCUT2D eigenvalue weighted by Gasteiger charge is -2.33. The van der Waals surface area contributed by atoms with Crippen molar-refractivity contribution in [1.29, 1.82) is 0 Å². The molecule has 1 N–H and O–H groups in total. The second kappa shape index (κ2) is 9.62. The largest absolute Gasteiger partial charge is 0.337 e. The highest BCUT2D eigenvalue weighted by molar-refractivity contribution is 6.31. The summed E-state index contributed by atoms with van der Waals surface area (Å²) in [6.07, 6.45) is 3.53. The van der Waals surface area contributed by atoms with Crippen molar-refractivity contribution in [2.45, 2.75) is 31.8 Å². The number of carbonyl (C=O) groups excluding carboxylic acids is 1. The lowest BCUT2D eigenvalue weighted by molar-refractivity contribution is 0.0782. The van der Waals surface area contributed by atoms with Crippen molar-refractivity contribution >= 4 is 17.5 Å². The van der Waals surface area contributed by atoms with E-state index in [2.05, 4.69) is 15.1 Å². The molecule has 0 spiro atoms. The van der Waals surface area contributed by atoms with E-state index in [1.165, 1.54) is 6.07 Å². The zero-order valence-corrected chi connectivity index (χ0v) is 18.3. The molecule has 4 rings (SSSR count). The molecule has 1 atom stereocenters. The summed E-state index contributed by atoms with van der Waals surface area (Å²) in [5.74, 6) is -0.206. The Kier molecular flexibility index (Phi) is 6.68. The van der Waals surface area contributed by atoms with E-state index >= 15 is 0 Å². The molecule has 1 unspecified atom stereocenters. The van der Waals surface area contributed by atoms with Gasteiger partial charge in [0.05, 0.1) is 17.5 Å². The lowest BCUT2D eigenvalue weighted by Crippen LogP contribution is -2.35. The second-order valence-corrected chi connectivity index (χ2v) is 8.53. The number of rotatable bonds is 6. The van der Waals surface area contributed by atoms with Crippen LogP contribution in [0.1, 0.15) is 45.9 Å². The topological polar surface area (TPSA) is 52.2 Å². The van der Waals surface area contributed by atoms with Crippen molar-refractivity contribution in [2.75, 3.05) is 20.1 Å². The van der Waals surface area contributed by atoms with Crippen LogP contribution in [-0.2, 0) is 13.1 Å². The van der Waals surface area contributed by atoms with Gasteiger partial charge in [0.1, 0.15) is 5.82 Å². The molecule has 1 aliphatic rings. The van der Waals surface area contributed by atoms with E-state index in [1.54, 1.807) is 30.3 Å². The number of nitrogens with one attached hydrogen (secondary N) is 1. The number of likely N-dealkylation sites (tertiary alicyclic amines) is 1. The smallest absolute Gasteiger partial charge is 0.257 e. The maximum atomic E-state index is 14.2. The third-order valence-corrected chi connectivity index (χ3v) is 6.22. The maximum Gasteiger partial charge on any atom is 0.257 e. The van der Waals surface area contributed by atoms with E-state index in [0.717, 1.165) is 37.2 Å². The van der Waals surface area contributed by atoms with Gasteiger partial charge in [-0.15, -0.1) is 0 Å². The quantitative estimate of drug-likeness (QED) is 0.595. The minimum atomic E-state index is -0.283. The Hall–Kier alpha value is -2.70. The third kappa shape index (κ3) is 4.97. The highest BCUT2D eigenvalue weighted by atomic mass is 35.5. The zero-order chi connectivity index (χ0) is 21.8. The number of piperidine rings is 1. The molecule has 1 amide bonds. The number of nitrogens with zero attached hydrogens (tertiary/aromatic N) is 3. The summed E-state index contributed by atoms with van der Waals surface area (Å²) in [5.41, 5.74) is 3.06. The number of hydrogen-bond acceptors (Lipinski definition) is 3.